The van der Waals surface area contributed by atoms with Gasteiger partial charge in [-0.15, -0.1) is 12.3 Å². The van der Waals surface area contributed by atoms with Gasteiger partial charge in [0.1, 0.15) is 18.2 Å². The number of unbranched alkanes of at least 4 members (excludes halogenated alkanes) is 2. The first-order valence-corrected chi connectivity index (χ1v) is 20.0. The van der Waals surface area contributed by atoms with Gasteiger partial charge >= 0.3 is 6.09 Å². The fourth-order valence-corrected chi connectivity index (χ4v) is 4.63. The number of carbonyl (C=O) groups excluding carboxylic acids is 6. The highest BCUT2D eigenvalue weighted by Gasteiger charge is 2.20. The Bertz CT molecular complexity index is 1420. The van der Waals surface area contributed by atoms with E-state index in [-0.39, 0.29) is 37.9 Å². The topological polar surface area (TPSA) is 184 Å². The number of alkyl carbamates (subject to hydrolysis) is 1. The van der Waals surface area contributed by atoms with E-state index in [1.165, 1.54) is 0 Å². The van der Waals surface area contributed by atoms with Crippen molar-refractivity contribution in [3.05, 3.63) is 72.9 Å². The lowest BCUT2D eigenvalue weighted by molar-refractivity contribution is -0.129. The van der Waals surface area contributed by atoms with Gasteiger partial charge in [-0.1, -0.05) is 79.8 Å². The molecule has 0 aliphatic heterocycles. The Morgan fingerprint density at radius 3 is 1.58 bits per heavy atom. The molecule has 0 spiro atoms. The van der Waals surface area contributed by atoms with Crippen molar-refractivity contribution in [2.24, 2.45) is 0 Å². The lowest BCUT2D eigenvalue weighted by Crippen LogP contribution is -2.47. The predicted molar refractivity (Wildman–Crippen MR) is 228 cm³/mol. The van der Waals surface area contributed by atoms with Crippen LogP contribution in [0.1, 0.15) is 111 Å². The Kier molecular flexibility index (Phi) is 31.8. The molecular weight excluding hydrogens is 725 g/mol. The third kappa shape index (κ3) is 36.0. The molecule has 0 unspecified atom stereocenters. The average Bonchev–Trinajstić information content (AvgIpc) is 3.16. The molecular formula is C44H68N6O7. The van der Waals surface area contributed by atoms with Crippen LogP contribution in [0.15, 0.2) is 72.9 Å². The van der Waals surface area contributed by atoms with Crippen molar-refractivity contribution in [1.29, 1.82) is 0 Å². The SMILES string of the molecule is C#CCCCNC(=O)[C@H](CCCCNC(=O)CNC(=O)CNC(=O)CNC(=O)OC(C)(C)C)NC(=O)CC/C=C\C/C=C\C/C=C\C/C=C\C/C=C\C/C=C\CC. The molecule has 0 aromatic rings. The summed E-state index contributed by atoms with van der Waals surface area (Å²) in [5, 5.41) is 15.4. The Morgan fingerprint density at radius 1 is 0.596 bits per heavy atom. The predicted octanol–water partition coefficient (Wildman–Crippen LogP) is 5.52. The molecule has 0 radical (unpaired) electrons. The van der Waals surface area contributed by atoms with Gasteiger partial charge in [0.15, 0.2) is 0 Å². The highest BCUT2D eigenvalue weighted by Crippen LogP contribution is 2.06. The molecule has 0 rings (SSSR count). The van der Waals surface area contributed by atoms with Gasteiger partial charge in [0.2, 0.25) is 29.5 Å². The Labute approximate surface area is 341 Å². The summed E-state index contributed by atoms with van der Waals surface area (Å²) in [5.41, 5.74) is -0.711. The van der Waals surface area contributed by atoms with E-state index in [9.17, 15) is 28.8 Å². The van der Waals surface area contributed by atoms with Crippen molar-refractivity contribution in [1.82, 2.24) is 31.9 Å². The molecule has 13 heteroatoms. The maximum atomic E-state index is 12.9. The van der Waals surface area contributed by atoms with Crippen LogP contribution in [0.5, 0.6) is 0 Å². The van der Waals surface area contributed by atoms with Crippen LogP contribution in [0.25, 0.3) is 0 Å². The van der Waals surface area contributed by atoms with E-state index < -0.39 is 35.5 Å². The number of hydrogen-bond acceptors (Lipinski definition) is 7. The second-order valence-electron chi connectivity index (χ2n) is 13.9. The number of hydrogen-bond donors (Lipinski definition) is 6. The number of carbonyl (C=O) groups is 6. The Balaban J connectivity index is 4.41. The first-order chi connectivity index (χ1) is 27.4. The molecule has 6 amide bonds. The summed E-state index contributed by atoms with van der Waals surface area (Å²) in [6, 6.07) is -0.724. The highest BCUT2D eigenvalue weighted by molar-refractivity contribution is 5.89. The molecule has 0 saturated carbocycles. The molecule has 0 saturated heterocycles. The summed E-state index contributed by atoms with van der Waals surface area (Å²) in [4.78, 5) is 73.2. The zero-order chi connectivity index (χ0) is 42.4. The van der Waals surface area contributed by atoms with Crippen LogP contribution in [-0.4, -0.2) is 80.0 Å². The quantitative estimate of drug-likeness (QED) is 0.0314. The lowest BCUT2D eigenvalue weighted by atomic mass is 10.1. The van der Waals surface area contributed by atoms with Crippen LogP contribution in [0.4, 0.5) is 4.79 Å². The Hall–Kier alpha value is -5.38. The van der Waals surface area contributed by atoms with Gasteiger partial charge in [-0.3, -0.25) is 24.0 Å². The summed E-state index contributed by atoms with van der Waals surface area (Å²) in [6.45, 7) is 6.87. The minimum Gasteiger partial charge on any atom is -0.444 e. The first kappa shape index (κ1) is 51.6. The molecule has 316 valence electrons. The molecule has 0 aliphatic carbocycles. The minimum atomic E-state index is -0.758. The fraction of sp³-hybridized carbons (Fsp3) is 0.545. The van der Waals surface area contributed by atoms with Gasteiger partial charge in [0, 0.05) is 25.9 Å². The van der Waals surface area contributed by atoms with Crippen molar-refractivity contribution < 1.29 is 33.5 Å². The molecule has 0 fully saturated rings. The number of allylic oxidation sites excluding steroid dienone is 12. The van der Waals surface area contributed by atoms with Crippen molar-refractivity contribution in [2.75, 3.05) is 32.7 Å². The largest absolute Gasteiger partial charge is 0.444 e. The highest BCUT2D eigenvalue weighted by atomic mass is 16.6. The van der Waals surface area contributed by atoms with Crippen LogP contribution in [0.3, 0.4) is 0 Å². The first-order valence-electron chi connectivity index (χ1n) is 20.0. The number of amides is 6. The maximum absolute atomic E-state index is 12.9. The van der Waals surface area contributed by atoms with E-state index in [2.05, 4.69) is 106 Å². The van der Waals surface area contributed by atoms with Gasteiger partial charge in [-0.25, -0.2) is 4.79 Å². The van der Waals surface area contributed by atoms with Crippen molar-refractivity contribution in [3.8, 4) is 12.3 Å². The van der Waals surface area contributed by atoms with Gasteiger partial charge in [-0.05, 0) is 91.4 Å². The van der Waals surface area contributed by atoms with E-state index in [0.29, 0.717) is 51.6 Å². The second-order valence-corrected chi connectivity index (χ2v) is 13.9. The van der Waals surface area contributed by atoms with Crippen molar-refractivity contribution in [2.45, 2.75) is 123 Å². The number of ether oxygens (including phenoxy) is 1. The standard InChI is InChI=1S/C44H68N6O7/c1-6-8-10-11-12-13-14-15-16-17-18-19-20-21-22-23-24-25-26-31-38(51)50-37(42(55)46-33-28-9-7-2)30-27-29-32-45-39(52)34-47-40(53)35-48-41(54)36-49-43(56)57-44(3,4)5/h2,8,10,12-13,15-16,18-19,21-22,24-25,37H,6,9,11,14,17,20,23,26-36H2,1,3-5H3,(H,45,52)(H,46,55)(H,47,53)(H,48,54)(H,49,56)(H,50,51)/b10-8-,13-12-,16-15-,19-18-,22-21-,25-24-/t37-/m0/s1. The fourth-order valence-electron chi connectivity index (χ4n) is 4.63. The van der Waals surface area contributed by atoms with Crippen molar-refractivity contribution >= 4 is 35.6 Å². The van der Waals surface area contributed by atoms with Gasteiger partial charge < -0.3 is 36.6 Å². The lowest BCUT2D eigenvalue weighted by Gasteiger charge is -2.19. The third-order valence-corrected chi connectivity index (χ3v) is 7.51. The molecule has 0 aliphatic rings. The summed E-state index contributed by atoms with van der Waals surface area (Å²) < 4.78 is 5.03. The number of nitrogens with one attached hydrogen (secondary N) is 6. The minimum absolute atomic E-state index is 0.224. The van der Waals surface area contributed by atoms with E-state index >= 15 is 0 Å². The number of terminal acetylenes is 1. The molecule has 57 heavy (non-hydrogen) atoms. The average molecular weight is 793 g/mol. The van der Waals surface area contributed by atoms with Crippen molar-refractivity contribution in [3.63, 3.8) is 0 Å². The van der Waals surface area contributed by atoms with E-state index in [1.54, 1.807) is 20.8 Å². The second kappa shape index (κ2) is 35.1. The molecule has 1 atom stereocenters. The summed E-state index contributed by atoms with van der Waals surface area (Å²) in [6.07, 6.45) is 39.1. The summed E-state index contributed by atoms with van der Waals surface area (Å²) in [5.74, 6) is 0.428. The van der Waals surface area contributed by atoms with E-state index in [0.717, 1.165) is 38.5 Å². The van der Waals surface area contributed by atoms with Gasteiger partial charge in [-0.2, -0.15) is 0 Å². The molecule has 13 nitrogen and oxygen atoms in total. The van der Waals surface area contributed by atoms with Crippen LogP contribution in [0.2, 0.25) is 0 Å². The van der Waals surface area contributed by atoms with Crippen LogP contribution in [-0.2, 0) is 28.7 Å². The maximum Gasteiger partial charge on any atom is 0.408 e. The Morgan fingerprint density at radius 2 is 1.07 bits per heavy atom. The normalized spacial score (nSPS) is 12.3. The van der Waals surface area contributed by atoms with Crippen LogP contribution < -0.4 is 31.9 Å². The third-order valence-electron chi connectivity index (χ3n) is 7.51. The zero-order valence-corrected chi connectivity index (χ0v) is 34.7. The molecule has 0 heterocycles. The molecule has 0 aromatic heterocycles. The summed E-state index contributed by atoms with van der Waals surface area (Å²) >= 11 is 0. The van der Waals surface area contributed by atoms with Crippen LogP contribution >= 0.6 is 0 Å². The van der Waals surface area contributed by atoms with Crippen LogP contribution in [0, 0.1) is 12.3 Å². The molecule has 0 bridgehead atoms. The smallest absolute Gasteiger partial charge is 0.408 e. The van der Waals surface area contributed by atoms with Gasteiger partial charge in [0.05, 0.1) is 13.1 Å². The van der Waals surface area contributed by atoms with E-state index in [1.807, 2.05) is 12.2 Å². The monoisotopic (exact) mass is 793 g/mol. The van der Waals surface area contributed by atoms with Gasteiger partial charge in [0.25, 0.3) is 0 Å². The number of rotatable bonds is 30. The van der Waals surface area contributed by atoms with E-state index in [4.69, 9.17) is 11.2 Å². The zero-order valence-electron chi connectivity index (χ0n) is 34.7. The summed E-state index contributed by atoms with van der Waals surface area (Å²) in [7, 11) is 0. The molecule has 6 N–H and O–H groups in total. The molecule has 0 aromatic carbocycles.